The van der Waals surface area contributed by atoms with Gasteiger partial charge < -0.3 is 28.1 Å². The maximum absolute atomic E-state index is 12.1. The highest BCUT2D eigenvalue weighted by Crippen LogP contribution is 2.19. The minimum absolute atomic E-state index is 0.124. The van der Waals surface area contributed by atoms with Crippen molar-refractivity contribution in [1.82, 2.24) is 4.90 Å². The minimum Gasteiger partial charge on any atom is -0.448 e. The second-order valence-corrected chi connectivity index (χ2v) is 3.77. The first-order chi connectivity index (χ1) is 6.42. The molecule has 3 nitrogen and oxygen atoms in total. The third-order valence-corrected chi connectivity index (χ3v) is 2.48. The smallest absolute Gasteiger partial charge is 0.448 e. The molecule has 0 aromatic carbocycles. The summed E-state index contributed by atoms with van der Waals surface area (Å²) in [5, 5.41) is 18.1. The fourth-order valence-electron chi connectivity index (χ4n) is 1.73. The standard InChI is InChI=1S/C7H14BF3NO2/c9-8(10,11)5-12-2-1-7(14)6(3-12)4-13/h6-7,13-14H,1-5H2/q-1. The van der Waals surface area contributed by atoms with Gasteiger partial charge in [-0.3, -0.25) is 0 Å². The van der Waals surface area contributed by atoms with Crippen molar-refractivity contribution in [3.63, 3.8) is 0 Å². The summed E-state index contributed by atoms with van der Waals surface area (Å²) in [6, 6.07) is 0. The Kier molecular flexibility index (Phi) is 3.80. The van der Waals surface area contributed by atoms with Gasteiger partial charge in [-0.1, -0.05) is 0 Å². The van der Waals surface area contributed by atoms with Crippen LogP contribution in [0.25, 0.3) is 0 Å². The van der Waals surface area contributed by atoms with Gasteiger partial charge in [-0.15, -0.1) is 0 Å². The molecule has 2 unspecified atom stereocenters. The normalized spacial score (nSPS) is 30.6. The van der Waals surface area contributed by atoms with Crippen LogP contribution in [0.5, 0.6) is 0 Å². The molecule has 0 spiro atoms. The van der Waals surface area contributed by atoms with E-state index in [2.05, 4.69) is 0 Å². The van der Waals surface area contributed by atoms with Crippen molar-refractivity contribution < 1.29 is 23.2 Å². The van der Waals surface area contributed by atoms with Gasteiger partial charge in [0.2, 0.25) is 0 Å². The first kappa shape index (κ1) is 11.8. The zero-order chi connectivity index (χ0) is 10.8. The van der Waals surface area contributed by atoms with Gasteiger partial charge in [0.1, 0.15) is 0 Å². The average Bonchev–Trinajstić information content (AvgIpc) is 2.06. The lowest BCUT2D eigenvalue weighted by Gasteiger charge is -2.37. The molecular weight excluding hydrogens is 198 g/mol. The fraction of sp³-hybridized carbons (Fsp3) is 1.00. The molecule has 1 aliphatic heterocycles. The van der Waals surface area contributed by atoms with E-state index in [-0.39, 0.29) is 19.7 Å². The molecule has 84 valence electrons. The Morgan fingerprint density at radius 3 is 2.50 bits per heavy atom. The summed E-state index contributed by atoms with van der Waals surface area (Å²) in [5.41, 5.74) is 0. The van der Waals surface area contributed by atoms with Gasteiger partial charge in [-0.2, -0.15) is 0 Å². The lowest BCUT2D eigenvalue weighted by molar-refractivity contribution is 0.00341. The van der Waals surface area contributed by atoms with Crippen LogP contribution in [0.4, 0.5) is 12.9 Å². The molecule has 0 amide bonds. The average molecular weight is 212 g/mol. The summed E-state index contributed by atoms with van der Waals surface area (Å²) < 4.78 is 36.2. The third-order valence-electron chi connectivity index (χ3n) is 2.48. The maximum atomic E-state index is 12.1. The summed E-state index contributed by atoms with van der Waals surface area (Å²) in [6.45, 7) is -4.70. The van der Waals surface area contributed by atoms with Crippen molar-refractivity contribution in [3.8, 4) is 0 Å². The van der Waals surface area contributed by atoms with Crippen molar-refractivity contribution in [2.45, 2.75) is 12.5 Å². The van der Waals surface area contributed by atoms with Crippen molar-refractivity contribution >= 4 is 6.98 Å². The van der Waals surface area contributed by atoms with Crippen LogP contribution in [0.1, 0.15) is 6.42 Å². The van der Waals surface area contributed by atoms with Crippen LogP contribution in [-0.4, -0.2) is 54.3 Å². The molecule has 1 saturated heterocycles. The Hall–Kier alpha value is -0.265. The molecule has 1 heterocycles. The van der Waals surface area contributed by atoms with Gasteiger partial charge in [0.15, 0.2) is 0 Å². The molecular formula is C7H14BF3NO2-. The summed E-state index contributed by atoms with van der Waals surface area (Å²) in [6.07, 6.45) is -1.27. The number of halogens is 3. The quantitative estimate of drug-likeness (QED) is 0.649. The van der Waals surface area contributed by atoms with E-state index in [9.17, 15) is 18.1 Å². The number of likely N-dealkylation sites (tertiary alicyclic amines) is 1. The summed E-state index contributed by atoms with van der Waals surface area (Å²) in [5.74, 6) is -0.443. The summed E-state index contributed by atoms with van der Waals surface area (Å²) >= 11 is 0. The number of hydrogen-bond donors (Lipinski definition) is 2. The van der Waals surface area contributed by atoms with Gasteiger partial charge in [0.25, 0.3) is 0 Å². The molecule has 1 rings (SSSR count). The number of nitrogens with zero attached hydrogens (tertiary/aromatic N) is 1. The largest absolute Gasteiger partial charge is 0.492 e. The Morgan fingerprint density at radius 1 is 1.36 bits per heavy atom. The van der Waals surface area contributed by atoms with Crippen LogP contribution >= 0.6 is 0 Å². The van der Waals surface area contributed by atoms with Crippen molar-refractivity contribution in [1.29, 1.82) is 0 Å². The van der Waals surface area contributed by atoms with Gasteiger partial charge in [-0.05, 0) is 19.4 Å². The highest BCUT2D eigenvalue weighted by Gasteiger charge is 2.32. The molecule has 1 fully saturated rings. The molecule has 2 N–H and O–H groups in total. The SMILES string of the molecule is OCC1CN(C[B-](F)(F)F)CCC1O. The molecule has 7 heteroatoms. The van der Waals surface area contributed by atoms with Crippen LogP contribution in [0.2, 0.25) is 0 Å². The van der Waals surface area contributed by atoms with Crippen LogP contribution < -0.4 is 0 Å². The number of aliphatic hydroxyl groups is 2. The molecule has 0 aromatic heterocycles. The molecule has 14 heavy (non-hydrogen) atoms. The van der Waals surface area contributed by atoms with Gasteiger partial charge in [0, 0.05) is 19.1 Å². The highest BCUT2D eigenvalue weighted by molar-refractivity contribution is 6.58. The first-order valence-corrected chi connectivity index (χ1v) is 4.64. The molecule has 0 aliphatic carbocycles. The van der Waals surface area contributed by atoms with E-state index in [1.807, 2.05) is 0 Å². The van der Waals surface area contributed by atoms with Crippen LogP contribution in [-0.2, 0) is 0 Å². The summed E-state index contributed by atoms with van der Waals surface area (Å²) in [7, 11) is 0. The monoisotopic (exact) mass is 212 g/mol. The molecule has 0 saturated carbocycles. The fourth-order valence-corrected chi connectivity index (χ4v) is 1.73. The van der Waals surface area contributed by atoms with E-state index in [1.165, 1.54) is 4.90 Å². The third kappa shape index (κ3) is 3.47. The van der Waals surface area contributed by atoms with E-state index in [0.29, 0.717) is 6.42 Å². The molecule has 0 radical (unpaired) electrons. The van der Waals surface area contributed by atoms with Crippen molar-refractivity contribution in [2.75, 3.05) is 26.1 Å². The maximum Gasteiger partial charge on any atom is 0.492 e. The molecule has 1 aliphatic rings. The Morgan fingerprint density at radius 2 is 2.00 bits per heavy atom. The van der Waals surface area contributed by atoms with Crippen molar-refractivity contribution in [3.05, 3.63) is 0 Å². The van der Waals surface area contributed by atoms with Gasteiger partial charge in [0.05, 0.1) is 6.10 Å². The Labute approximate surface area is 80.6 Å². The van der Waals surface area contributed by atoms with E-state index in [1.54, 1.807) is 0 Å². The lowest BCUT2D eigenvalue weighted by Crippen LogP contribution is -2.49. The first-order valence-electron chi connectivity index (χ1n) is 4.64. The number of aliphatic hydroxyl groups excluding tert-OH is 2. The topological polar surface area (TPSA) is 43.7 Å². The van der Waals surface area contributed by atoms with Crippen LogP contribution in [0.3, 0.4) is 0 Å². The number of piperidine rings is 1. The molecule has 0 bridgehead atoms. The zero-order valence-corrected chi connectivity index (χ0v) is 7.74. The Balaban J connectivity index is 2.43. The molecule has 0 aromatic rings. The highest BCUT2D eigenvalue weighted by atomic mass is 19.4. The van der Waals surface area contributed by atoms with Gasteiger partial charge in [-0.25, -0.2) is 0 Å². The van der Waals surface area contributed by atoms with E-state index >= 15 is 0 Å². The zero-order valence-electron chi connectivity index (χ0n) is 7.74. The summed E-state index contributed by atoms with van der Waals surface area (Å²) in [4.78, 5) is 1.24. The minimum atomic E-state index is -4.81. The molecule has 2 atom stereocenters. The predicted octanol–water partition coefficient (Wildman–Crippen LogP) is 0.0481. The van der Waals surface area contributed by atoms with Crippen LogP contribution in [0, 0.1) is 5.92 Å². The second kappa shape index (κ2) is 4.50. The van der Waals surface area contributed by atoms with Crippen molar-refractivity contribution in [2.24, 2.45) is 5.92 Å². The van der Waals surface area contributed by atoms with E-state index in [0.717, 1.165) is 0 Å². The van der Waals surface area contributed by atoms with E-state index in [4.69, 9.17) is 5.11 Å². The lowest BCUT2D eigenvalue weighted by atomic mass is 9.87. The predicted molar refractivity (Wildman–Crippen MR) is 46.7 cm³/mol. The van der Waals surface area contributed by atoms with Gasteiger partial charge >= 0.3 is 6.98 Å². The van der Waals surface area contributed by atoms with E-state index < -0.39 is 25.4 Å². The Bertz CT molecular complexity index is 190. The second-order valence-electron chi connectivity index (χ2n) is 3.77. The number of hydrogen-bond acceptors (Lipinski definition) is 3. The number of rotatable bonds is 3. The van der Waals surface area contributed by atoms with Crippen LogP contribution in [0.15, 0.2) is 0 Å².